The van der Waals surface area contributed by atoms with Gasteiger partial charge in [0.05, 0.1) is 30.5 Å². The fourth-order valence-electron chi connectivity index (χ4n) is 11.6. The van der Waals surface area contributed by atoms with E-state index in [1.165, 1.54) is 7.11 Å². The average molecular weight is 713 g/mol. The number of hydrogen-bond donors (Lipinski definition) is 7. The van der Waals surface area contributed by atoms with E-state index >= 15 is 0 Å². The molecule has 0 radical (unpaired) electrons. The zero-order chi connectivity index (χ0) is 35.9. The number of carbonyl (C=O) groups excluding carboxylic acids is 1. The van der Waals surface area contributed by atoms with Gasteiger partial charge in [-0.1, -0.05) is 13.8 Å². The molecule has 0 spiro atoms. The van der Waals surface area contributed by atoms with Crippen molar-refractivity contribution in [2.24, 2.45) is 34.5 Å². The first-order valence-corrected chi connectivity index (χ1v) is 18.4. The number of methoxy groups -OCH3 is 1. The van der Waals surface area contributed by atoms with E-state index in [1.54, 1.807) is 13.0 Å². The van der Waals surface area contributed by atoms with Crippen LogP contribution in [0, 0.1) is 34.5 Å². The highest BCUT2D eigenvalue weighted by Gasteiger charge is 2.69. The number of aliphatic hydroxyl groups excluding tert-OH is 6. The number of ether oxygens (including phenoxy) is 6. The summed E-state index contributed by atoms with van der Waals surface area (Å²) in [6.45, 7) is 5.75. The summed E-state index contributed by atoms with van der Waals surface area (Å²) in [6, 6.07) is 0. The van der Waals surface area contributed by atoms with Crippen LogP contribution in [0.25, 0.3) is 0 Å². The molecule has 7 aliphatic rings. The normalized spacial score (nSPS) is 55.1. The van der Waals surface area contributed by atoms with Gasteiger partial charge >= 0.3 is 5.97 Å². The van der Waals surface area contributed by atoms with Crippen LogP contribution in [0.2, 0.25) is 0 Å². The largest absolute Gasteiger partial charge is 0.458 e. The lowest BCUT2D eigenvalue weighted by molar-refractivity contribution is -0.363. The molecule has 0 aromatic rings. The summed E-state index contributed by atoms with van der Waals surface area (Å²) >= 11 is 0. The second-order valence-electron chi connectivity index (χ2n) is 16.6. The average Bonchev–Trinajstić information content (AvgIpc) is 3.63. The number of rotatable bonds is 7. The zero-order valence-corrected chi connectivity index (χ0v) is 29.4. The topological polar surface area (TPSA) is 214 Å². The van der Waals surface area contributed by atoms with Crippen LogP contribution in [-0.4, -0.2) is 141 Å². The van der Waals surface area contributed by atoms with Gasteiger partial charge in [0, 0.05) is 25.0 Å². The molecule has 0 aromatic heterocycles. The lowest BCUT2D eigenvalue weighted by atomic mass is 9.42. The molecule has 0 bridgehead atoms. The lowest BCUT2D eigenvalue weighted by Gasteiger charge is -2.64. The Hall–Kier alpha value is -1.27. The van der Waals surface area contributed by atoms with Crippen molar-refractivity contribution in [1.82, 2.24) is 0 Å². The van der Waals surface area contributed by atoms with Gasteiger partial charge in [0.15, 0.2) is 12.6 Å². The Kier molecular flexibility index (Phi) is 10.0. The van der Waals surface area contributed by atoms with Gasteiger partial charge in [0.2, 0.25) is 0 Å². The number of cyclic esters (lactones) is 1. The quantitative estimate of drug-likeness (QED) is 0.136. The molecule has 50 heavy (non-hydrogen) atoms. The molecule has 0 aromatic carbocycles. The van der Waals surface area contributed by atoms with Gasteiger partial charge in [-0.25, -0.2) is 4.79 Å². The Labute approximate surface area is 292 Å². The van der Waals surface area contributed by atoms with Crippen molar-refractivity contribution in [2.75, 3.05) is 20.3 Å². The van der Waals surface area contributed by atoms with Crippen molar-refractivity contribution < 1.29 is 69.0 Å². The summed E-state index contributed by atoms with van der Waals surface area (Å²) in [5.74, 6) is 0.0825. The Bertz CT molecular complexity index is 1300. The Morgan fingerprint density at radius 1 is 0.860 bits per heavy atom. The molecule has 3 heterocycles. The molecule has 0 amide bonds. The molecular weight excluding hydrogens is 656 g/mol. The van der Waals surface area contributed by atoms with Crippen LogP contribution in [0.1, 0.15) is 72.1 Å². The Morgan fingerprint density at radius 3 is 2.28 bits per heavy atom. The predicted molar refractivity (Wildman–Crippen MR) is 172 cm³/mol. The summed E-state index contributed by atoms with van der Waals surface area (Å²) in [5.41, 5.74) is -0.695. The second kappa shape index (κ2) is 13.5. The number of fused-ring (bicyclic) bond motifs is 5. The lowest BCUT2D eigenvalue weighted by Crippen LogP contribution is -2.66. The van der Waals surface area contributed by atoms with Crippen molar-refractivity contribution in [3.05, 3.63) is 11.6 Å². The minimum atomic E-state index is -1.63. The molecule has 14 heteroatoms. The molecule has 284 valence electrons. The van der Waals surface area contributed by atoms with E-state index in [9.17, 15) is 40.5 Å². The summed E-state index contributed by atoms with van der Waals surface area (Å²) in [6.07, 6.45) is -6.17. The molecule has 3 aliphatic heterocycles. The fraction of sp³-hybridized carbons (Fsp3) is 0.917. The van der Waals surface area contributed by atoms with E-state index in [1.807, 2.05) is 0 Å². The van der Waals surface area contributed by atoms with Crippen LogP contribution >= 0.6 is 0 Å². The Balaban J connectivity index is 1.01. The SMILES string of the molecule is CO[C@H]1[C@@H](O)[C@@H](O[C@H]2CC(O)[C@@]3(C)C(CC[C@@H]4[C@@H]3CC[C@]3(C)[C@@H](C5=CC(=O)OC5)CC[C@]43O)C2)O[C@@H](C)[C@H]1O[C@@H]1O[C@H](CO)[C@@H](O)[C@H](O)[C@H]1O. The van der Waals surface area contributed by atoms with Crippen molar-refractivity contribution >= 4 is 5.97 Å². The summed E-state index contributed by atoms with van der Waals surface area (Å²) in [7, 11) is 1.40. The standard InChI is InChI=1S/C36H56O14/c1-16-30(50-32-28(42)27(41)26(40)23(14-37)49-32)31(45-4)29(43)33(47-16)48-19-12-18-5-6-22-21(35(18,3)24(38)13-19)7-9-34(2)20(8-10-36(22,34)44)17-11-25(39)46-15-17/h11,16,18-24,26-33,37-38,40-44H,5-10,12-15H2,1-4H3/t16-,18?,19+,20+,21-,22+,23+,24?,26+,27-,28+,29+,30+,31-,32-,33+,34+,35-,36-/m0/s1. The molecule has 4 saturated carbocycles. The van der Waals surface area contributed by atoms with E-state index < -0.39 is 91.2 Å². The number of carbonyl (C=O) groups is 1. The maximum atomic E-state index is 12.5. The van der Waals surface area contributed by atoms with Crippen LogP contribution in [0.5, 0.6) is 0 Å². The van der Waals surface area contributed by atoms with Gasteiger partial charge in [-0.15, -0.1) is 0 Å². The van der Waals surface area contributed by atoms with Crippen LogP contribution in [0.3, 0.4) is 0 Å². The molecular formula is C36H56O14. The minimum Gasteiger partial charge on any atom is -0.458 e. The molecule has 7 rings (SSSR count). The van der Waals surface area contributed by atoms with Gasteiger partial charge in [-0.05, 0) is 86.5 Å². The second-order valence-corrected chi connectivity index (χ2v) is 16.6. The van der Waals surface area contributed by atoms with E-state index in [0.29, 0.717) is 25.9 Å². The third kappa shape index (κ3) is 5.63. The summed E-state index contributed by atoms with van der Waals surface area (Å²) < 4.78 is 34.9. The Morgan fingerprint density at radius 2 is 1.60 bits per heavy atom. The number of esters is 1. The molecule has 6 fully saturated rings. The molecule has 4 aliphatic carbocycles. The maximum Gasteiger partial charge on any atom is 0.331 e. The van der Waals surface area contributed by atoms with Crippen molar-refractivity contribution in [3.63, 3.8) is 0 Å². The highest BCUT2D eigenvalue weighted by molar-refractivity contribution is 5.85. The van der Waals surface area contributed by atoms with Gasteiger partial charge < -0.3 is 64.2 Å². The van der Waals surface area contributed by atoms with Gasteiger partial charge in [-0.2, -0.15) is 0 Å². The minimum absolute atomic E-state index is 0.0330. The molecule has 2 unspecified atom stereocenters. The van der Waals surface area contributed by atoms with Crippen molar-refractivity contribution in [1.29, 1.82) is 0 Å². The number of aliphatic hydroxyl groups is 7. The highest BCUT2D eigenvalue weighted by atomic mass is 16.7. The van der Waals surface area contributed by atoms with Crippen molar-refractivity contribution in [3.8, 4) is 0 Å². The van der Waals surface area contributed by atoms with Gasteiger partial charge in [-0.3, -0.25) is 0 Å². The van der Waals surface area contributed by atoms with Gasteiger partial charge in [0.1, 0.15) is 49.3 Å². The molecule has 19 atom stereocenters. The van der Waals surface area contributed by atoms with Crippen LogP contribution in [0.15, 0.2) is 11.6 Å². The van der Waals surface area contributed by atoms with Crippen LogP contribution in [-0.2, 0) is 33.2 Å². The highest BCUT2D eigenvalue weighted by Crippen LogP contribution is 2.70. The monoisotopic (exact) mass is 712 g/mol. The molecule has 7 N–H and O–H groups in total. The van der Waals surface area contributed by atoms with E-state index in [2.05, 4.69) is 13.8 Å². The predicted octanol–water partition coefficient (Wildman–Crippen LogP) is -0.0948. The summed E-state index contributed by atoms with van der Waals surface area (Å²) in [5, 5.41) is 76.3. The van der Waals surface area contributed by atoms with Crippen LogP contribution < -0.4 is 0 Å². The zero-order valence-electron chi connectivity index (χ0n) is 29.4. The van der Waals surface area contributed by atoms with Crippen LogP contribution in [0.4, 0.5) is 0 Å². The first kappa shape index (κ1) is 37.1. The summed E-state index contributed by atoms with van der Waals surface area (Å²) in [4.78, 5) is 11.9. The fourth-order valence-corrected chi connectivity index (χ4v) is 11.6. The third-order valence-electron chi connectivity index (χ3n) is 14.5. The number of hydrogen-bond acceptors (Lipinski definition) is 14. The molecule has 2 saturated heterocycles. The smallest absolute Gasteiger partial charge is 0.331 e. The van der Waals surface area contributed by atoms with E-state index in [4.69, 9.17) is 28.4 Å². The maximum absolute atomic E-state index is 12.5. The van der Waals surface area contributed by atoms with E-state index in [0.717, 1.165) is 37.7 Å². The van der Waals surface area contributed by atoms with E-state index in [-0.39, 0.29) is 35.1 Å². The first-order chi connectivity index (χ1) is 23.7. The van der Waals surface area contributed by atoms with Gasteiger partial charge in [0.25, 0.3) is 0 Å². The van der Waals surface area contributed by atoms with Crippen molar-refractivity contribution in [2.45, 2.75) is 151 Å². The first-order valence-electron chi connectivity index (χ1n) is 18.4. The third-order valence-corrected chi connectivity index (χ3v) is 14.5. The molecule has 14 nitrogen and oxygen atoms in total.